The van der Waals surface area contributed by atoms with Crippen LogP contribution in [0.15, 0.2) is 9.59 Å². The number of unbranched alkanes of at least 4 members (excludes halogenated alkanes) is 16. The Bertz CT molecular complexity index is 1140. The van der Waals surface area contributed by atoms with E-state index >= 15 is 0 Å². The lowest BCUT2D eigenvalue weighted by atomic mass is 9.92. The summed E-state index contributed by atoms with van der Waals surface area (Å²) in [5, 5.41) is 6.01. The van der Waals surface area contributed by atoms with E-state index < -0.39 is 10.9 Å². The van der Waals surface area contributed by atoms with Gasteiger partial charge in [-0.05, 0) is 76.4 Å². The highest BCUT2D eigenvalue weighted by Gasteiger charge is 2.19. The number of ether oxygens (including phenoxy) is 2. The molecule has 59 heavy (non-hydrogen) atoms. The summed E-state index contributed by atoms with van der Waals surface area (Å²) >= 11 is 0. The lowest BCUT2D eigenvalue weighted by molar-refractivity contribution is -0.145. The third kappa shape index (κ3) is 28.7. The van der Waals surface area contributed by atoms with Crippen molar-refractivity contribution < 1.29 is 19.1 Å². The van der Waals surface area contributed by atoms with Crippen molar-refractivity contribution in [3.63, 3.8) is 0 Å². The van der Waals surface area contributed by atoms with Crippen LogP contribution in [0.4, 0.5) is 11.4 Å². The zero-order valence-electron chi connectivity index (χ0n) is 39.2. The van der Waals surface area contributed by atoms with Crippen molar-refractivity contribution >= 4 is 23.3 Å². The molecule has 0 bridgehead atoms. The maximum Gasteiger partial charge on any atom is 0.305 e. The highest BCUT2D eigenvalue weighted by molar-refractivity contribution is 5.73. The van der Waals surface area contributed by atoms with Crippen LogP contribution in [0.25, 0.3) is 0 Å². The van der Waals surface area contributed by atoms with E-state index in [-0.39, 0.29) is 11.9 Å². The molecule has 0 heterocycles. The van der Waals surface area contributed by atoms with Crippen LogP contribution in [-0.4, -0.2) is 63.3 Å². The van der Waals surface area contributed by atoms with Crippen LogP contribution in [0, 0.1) is 11.8 Å². The lowest BCUT2D eigenvalue weighted by Crippen LogP contribution is -2.37. The fourth-order valence-corrected chi connectivity index (χ4v) is 8.34. The second kappa shape index (κ2) is 38.5. The fourth-order valence-electron chi connectivity index (χ4n) is 8.34. The highest BCUT2D eigenvalue weighted by Crippen LogP contribution is 2.23. The first kappa shape index (κ1) is 54.6. The van der Waals surface area contributed by atoms with Gasteiger partial charge in [0.15, 0.2) is 0 Å². The van der Waals surface area contributed by atoms with E-state index in [2.05, 4.69) is 43.2 Å². The number of nitrogens with zero attached hydrogens (tertiary/aromatic N) is 1. The van der Waals surface area contributed by atoms with Crippen molar-refractivity contribution in [3.8, 4) is 0 Å². The first-order valence-corrected chi connectivity index (χ1v) is 25.1. The zero-order chi connectivity index (χ0) is 43.2. The maximum atomic E-state index is 12.4. The van der Waals surface area contributed by atoms with Crippen molar-refractivity contribution in [1.82, 2.24) is 4.90 Å². The normalized spacial score (nSPS) is 11.7. The quantitative estimate of drug-likeness (QED) is 0.0377. The van der Waals surface area contributed by atoms with E-state index in [4.69, 9.17) is 9.47 Å². The van der Waals surface area contributed by atoms with E-state index in [1.54, 1.807) is 7.05 Å². The number of esters is 2. The van der Waals surface area contributed by atoms with Crippen LogP contribution in [0.5, 0.6) is 0 Å². The maximum absolute atomic E-state index is 12.4. The van der Waals surface area contributed by atoms with Gasteiger partial charge in [0.05, 0.1) is 13.2 Å². The predicted molar refractivity (Wildman–Crippen MR) is 251 cm³/mol. The molecular formula is C50H93N3O6. The highest BCUT2D eigenvalue weighted by atomic mass is 16.5. The van der Waals surface area contributed by atoms with Gasteiger partial charge in [0, 0.05) is 26.4 Å². The summed E-state index contributed by atoms with van der Waals surface area (Å²) in [4.78, 5) is 51.1. The van der Waals surface area contributed by atoms with Crippen LogP contribution in [-0.2, 0) is 19.1 Å². The van der Waals surface area contributed by atoms with Crippen molar-refractivity contribution in [2.24, 2.45) is 11.8 Å². The summed E-state index contributed by atoms with van der Waals surface area (Å²) < 4.78 is 11.3. The molecule has 0 amide bonds. The first-order chi connectivity index (χ1) is 28.8. The van der Waals surface area contributed by atoms with Crippen molar-refractivity contribution in [3.05, 3.63) is 20.4 Å². The Morgan fingerprint density at radius 3 is 1.25 bits per heavy atom. The summed E-state index contributed by atoms with van der Waals surface area (Å²) in [6.07, 6.45) is 35.0. The van der Waals surface area contributed by atoms with E-state index in [0.29, 0.717) is 55.8 Å². The minimum absolute atomic E-state index is 0.0363. The number of carbonyl (C=O) groups is 2. The molecule has 9 heteroatoms. The molecule has 1 aromatic carbocycles. The monoisotopic (exact) mass is 832 g/mol. The van der Waals surface area contributed by atoms with Gasteiger partial charge in [0.1, 0.15) is 11.4 Å². The molecule has 344 valence electrons. The lowest BCUT2D eigenvalue weighted by Gasteiger charge is -2.23. The van der Waals surface area contributed by atoms with E-state index in [1.165, 1.54) is 103 Å². The molecule has 0 aliphatic carbocycles. The molecule has 2 N–H and O–H groups in total. The average Bonchev–Trinajstić information content (AvgIpc) is 3.23. The van der Waals surface area contributed by atoms with Gasteiger partial charge in [-0.15, -0.1) is 0 Å². The largest absolute Gasteiger partial charge is 0.466 e. The number of nitrogens with one attached hydrogen (secondary N) is 2. The van der Waals surface area contributed by atoms with Crippen LogP contribution in [0.3, 0.4) is 0 Å². The molecule has 1 aromatic rings. The number of carbonyl (C=O) groups excluding carboxylic acids is 2. The molecular weight excluding hydrogens is 739 g/mol. The number of hydrogen-bond donors (Lipinski definition) is 2. The number of rotatable bonds is 44. The van der Waals surface area contributed by atoms with Gasteiger partial charge in [-0.25, -0.2) is 0 Å². The topological polar surface area (TPSA) is 114 Å². The Morgan fingerprint density at radius 1 is 0.475 bits per heavy atom. The summed E-state index contributed by atoms with van der Waals surface area (Å²) in [6.45, 7) is 13.8. The molecule has 0 atom stereocenters. The number of hydrogen-bond acceptors (Lipinski definition) is 9. The molecule has 0 aliphatic heterocycles. The Hall–Kier alpha value is -2.42. The van der Waals surface area contributed by atoms with Gasteiger partial charge in [-0.1, -0.05) is 169 Å². The molecule has 0 fully saturated rings. The van der Waals surface area contributed by atoms with Crippen LogP contribution in [0.1, 0.15) is 227 Å². The van der Waals surface area contributed by atoms with E-state index in [1.807, 2.05) is 0 Å². The minimum Gasteiger partial charge on any atom is -0.466 e. The molecule has 0 radical (unpaired) electrons. The molecule has 0 spiro atoms. The molecule has 0 aliphatic rings. The zero-order valence-corrected chi connectivity index (χ0v) is 39.2. The molecule has 0 saturated heterocycles. The molecule has 0 saturated carbocycles. The Balaban J connectivity index is 2.34. The average molecular weight is 832 g/mol. The third-order valence-electron chi connectivity index (χ3n) is 12.3. The van der Waals surface area contributed by atoms with Gasteiger partial charge in [0.25, 0.3) is 10.9 Å². The fraction of sp³-hybridized carbons (Fsp3) is 0.880. The van der Waals surface area contributed by atoms with Crippen molar-refractivity contribution in [2.45, 2.75) is 227 Å². The van der Waals surface area contributed by atoms with Crippen LogP contribution >= 0.6 is 0 Å². The van der Waals surface area contributed by atoms with Gasteiger partial charge >= 0.3 is 11.9 Å². The first-order valence-electron chi connectivity index (χ1n) is 25.1. The summed E-state index contributed by atoms with van der Waals surface area (Å²) in [5.41, 5.74) is -0.0627. The summed E-state index contributed by atoms with van der Waals surface area (Å²) in [5.74, 6) is 1.30. The third-order valence-corrected chi connectivity index (χ3v) is 12.3. The molecule has 0 aromatic heterocycles. The Kier molecular flexibility index (Phi) is 35.6. The van der Waals surface area contributed by atoms with Crippen molar-refractivity contribution in [2.75, 3.05) is 57.1 Å². The SMILES string of the molecule is CCCCCC(CCCCC)CCOC(=O)CCCCCCCN(CCCCCCCC(=O)OCCC(CCCCC)CCCCC)CCCNc1c(NC)c(=O)c1=O. The van der Waals surface area contributed by atoms with Gasteiger partial charge in [-0.3, -0.25) is 19.2 Å². The van der Waals surface area contributed by atoms with Gasteiger partial charge in [0.2, 0.25) is 0 Å². The number of anilines is 2. The van der Waals surface area contributed by atoms with Crippen LogP contribution in [0.2, 0.25) is 0 Å². The smallest absolute Gasteiger partial charge is 0.305 e. The van der Waals surface area contributed by atoms with E-state index in [0.717, 1.165) is 103 Å². The molecule has 1 rings (SSSR count). The Labute approximate surface area is 362 Å². The van der Waals surface area contributed by atoms with Gasteiger partial charge in [-0.2, -0.15) is 0 Å². The molecule has 0 unspecified atom stereocenters. The van der Waals surface area contributed by atoms with Gasteiger partial charge < -0.3 is 25.0 Å². The summed E-state index contributed by atoms with van der Waals surface area (Å²) in [6, 6.07) is 0. The van der Waals surface area contributed by atoms with Crippen molar-refractivity contribution in [1.29, 1.82) is 0 Å². The predicted octanol–water partition coefficient (Wildman–Crippen LogP) is 12.5. The minimum atomic E-state index is -0.440. The summed E-state index contributed by atoms with van der Waals surface area (Å²) in [7, 11) is 1.67. The second-order valence-electron chi connectivity index (χ2n) is 17.5. The van der Waals surface area contributed by atoms with Crippen LogP contribution < -0.4 is 21.5 Å². The Morgan fingerprint density at radius 2 is 0.847 bits per heavy atom. The second-order valence-corrected chi connectivity index (χ2v) is 17.5. The molecule has 9 nitrogen and oxygen atoms in total. The van der Waals surface area contributed by atoms with E-state index in [9.17, 15) is 19.2 Å². The standard InChI is InChI=1S/C50H93N3O6/c1-6-10-20-29-43(30-21-11-7-2)35-41-58-45(54)33-24-16-14-18-26-38-53(40-28-37-52-48-47(51-5)49(56)50(48)57)39-27-19-15-17-25-34-46(55)59-42-36-44(31-22-12-8-3)32-23-13-9-4/h43-44,51-52H,6-42H2,1-5H3.